The van der Waals surface area contributed by atoms with E-state index in [1.807, 2.05) is 0 Å². The van der Waals surface area contributed by atoms with Gasteiger partial charge in [0.15, 0.2) is 0 Å². The SMILES string of the molecule is CCc1ccc(N(c2ccc(C)cc2)c2ccc(/C=C/c3ccc(-c4ccc(/C=C/c5ccc(N(c6ccc(C)cc6)c6ccc(C)cc6)cc5)cc4)cc3)cc2)cc1. The second kappa shape index (κ2) is 18.0. The third-order valence-electron chi connectivity index (χ3n) is 10.9. The van der Waals surface area contributed by atoms with Crippen LogP contribution < -0.4 is 9.80 Å². The summed E-state index contributed by atoms with van der Waals surface area (Å²) in [6.45, 7) is 8.57. The highest BCUT2D eigenvalue weighted by atomic mass is 15.1. The first kappa shape index (κ1) is 38.7. The Bertz CT molecular complexity index is 2590. The summed E-state index contributed by atoms with van der Waals surface area (Å²) < 4.78 is 0. The average molecular weight is 763 g/mol. The van der Waals surface area contributed by atoms with Crippen molar-refractivity contribution < 1.29 is 0 Å². The van der Waals surface area contributed by atoms with Crippen LogP contribution in [0.3, 0.4) is 0 Å². The van der Waals surface area contributed by atoms with Crippen LogP contribution in [-0.2, 0) is 6.42 Å². The molecule has 2 nitrogen and oxygen atoms in total. The second-order valence-electron chi connectivity index (χ2n) is 15.3. The maximum absolute atomic E-state index is 2.32. The maximum atomic E-state index is 2.32. The number of hydrogen-bond donors (Lipinski definition) is 0. The molecule has 0 radical (unpaired) electrons. The van der Waals surface area contributed by atoms with E-state index in [-0.39, 0.29) is 0 Å². The van der Waals surface area contributed by atoms with Gasteiger partial charge in [0.05, 0.1) is 0 Å². The van der Waals surface area contributed by atoms with Crippen molar-refractivity contribution >= 4 is 58.4 Å². The molecule has 0 saturated heterocycles. The summed E-state index contributed by atoms with van der Waals surface area (Å²) in [6, 6.07) is 70.2. The summed E-state index contributed by atoms with van der Waals surface area (Å²) in [5.41, 5.74) is 19.0. The molecule has 0 fully saturated rings. The Morgan fingerprint density at radius 2 is 0.508 bits per heavy atom. The van der Waals surface area contributed by atoms with E-state index in [0.717, 1.165) is 51.7 Å². The van der Waals surface area contributed by atoms with E-state index in [0.29, 0.717) is 0 Å². The van der Waals surface area contributed by atoms with E-state index in [1.165, 1.54) is 44.5 Å². The van der Waals surface area contributed by atoms with Gasteiger partial charge in [0.1, 0.15) is 0 Å². The Hall–Kier alpha value is -7.16. The van der Waals surface area contributed by atoms with Gasteiger partial charge < -0.3 is 9.80 Å². The maximum Gasteiger partial charge on any atom is 0.0462 e. The zero-order valence-electron chi connectivity index (χ0n) is 34.4. The van der Waals surface area contributed by atoms with Crippen LogP contribution in [-0.4, -0.2) is 0 Å². The zero-order chi connectivity index (χ0) is 40.6. The molecule has 0 atom stereocenters. The Morgan fingerprint density at radius 1 is 0.288 bits per heavy atom. The fourth-order valence-corrected chi connectivity index (χ4v) is 7.28. The molecule has 8 rings (SSSR count). The molecule has 0 unspecified atom stereocenters. The molecule has 288 valence electrons. The van der Waals surface area contributed by atoms with Crippen molar-refractivity contribution in [2.24, 2.45) is 0 Å². The molecule has 0 spiro atoms. The van der Waals surface area contributed by atoms with Gasteiger partial charge in [-0.1, -0.05) is 169 Å². The number of rotatable bonds is 12. The van der Waals surface area contributed by atoms with Gasteiger partial charge in [-0.3, -0.25) is 0 Å². The van der Waals surface area contributed by atoms with Gasteiger partial charge in [0.2, 0.25) is 0 Å². The van der Waals surface area contributed by atoms with Crippen LogP contribution in [0.5, 0.6) is 0 Å². The minimum atomic E-state index is 1.03. The van der Waals surface area contributed by atoms with E-state index >= 15 is 0 Å². The highest BCUT2D eigenvalue weighted by Gasteiger charge is 2.14. The normalized spacial score (nSPS) is 11.3. The first-order chi connectivity index (χ1) is 28.9. The zero-order valence-corrected chi connectivity index (χ0v) is 34.4. The summed E-state index contributed by atoms with van der Waals surface area (Å²) in [4.78, 5) is 4.63. The van der Waals surface area contributed by atoms with Crippen LogP contribution in [0, 0.1) is 20.8 Å². The third-order valence-corrected chi connectivity index (χ3v) is 10.9. The molecule has 59 heavy (non-hydrogen) atoms. The van der Waals surface area contributed by atoms with Crippen molar-refractivity contribution in [2.75, 3.05) is 9.80 Å². The summed E-state index contributed by atoms with van der Waals surface area (Å²) in [5, 5.41) is 0. The summed E-state index contributed by atoms with van der Waals surface area (Å²) in [5.74, 6) is 0. The largest absolute Gasteiger partial charge is 0.311 e. The Morgan fingerprint density at radius 3 is 0.763 bits per heavy atom. The van der Waals surface area contributed by atoms with E-state index < -0.39 is 0 Å². The number of nitrogens with zero attached hydrogens (tertiary/aromatic N) is 2. The molecule has 8 aromatic carbocycles. The fourth-order valence-electron chi connectivity index (χ4n) is 7.28. The minimum Gasteiger partial charge on any atom is -0.311 e. The highest BCUT2D eigenvalue weighted by Crippen LogP contribution is 2.36. The lowest BCUT2D eigenvalue weighted by atomic mass is 10.0. The molecule has 0 N–H and O–H groups in total. The minimum absolute atomic E-state index is 1.03. The highest BCUT2D eigenvalue weighted by molar-refractivity contribution is 5.80. The summed E-state index contributed by atoms with van der Waals surface area (Å²) in [6.07, 6.45) is 9.76. The van der Waals surface area contributed by atoms with Gasteiger partial charge in [0, 0.05) is 34.1 Å². The van der Waals surface area contributed by atoms with Crippen LogP contribution >= 0.6 is 0 Å². The van der Waals surface area contributed by atoms with Gasteiger partial charge in [-0.25, -0.2) is 0 Å². The topological polar surface area (TPSA) is 6.48 Å². The number of hydrogen-bond acceptors (Lipinski definition) is 2. The van der Waals surface area contributed by atoms with Gasteiger partial charge >= 0.3 is 0 Å². The van der Waals surface area contributed by atoms with Gasteiger partial charge in [-0.2, -0.15) is 0 Å². The van der Waals surface area contributed by atoms with Crippen molar-refractivity contribution in [2.45, 2.75) is 34.1 Å². The Balaban J connectivity index is 0.908. The van der Waals surface area contributed by atoms with Crippen molar-refractivity contribution in [3.05, 3.63) is 239 Å². The molecule has 0 aromatic heterocycles. The van der Waals surface area contributed by atoms with Crippen LogP contribution in [0.1, 0.15) is 51.4 Å². The standard InChI is InChI=1S/C57H50N2/c1-5-45-20-36-55(37-21-45)59(54-34-10-44(4)11-35-54)57-40-24-49(25-41-57)15-13-47-18-28-51(29-19-47)50-26-16-46(17-27-50)12-14-48-22-38-56(39-23-48)58(52-30-6-42(2)7-31-52)53-32-8-43(3)9-33-53/h6-41H,5H2,1-4H3/b14-12+,15-13+. The van der Waals surface area contributed by atoms with E-state index in [9.17, 15) is 0 Å². The molecule has 2 heteroatoms. The Labute approximate surface area is 350 Å². The predicted octanol–water partition coefficient (Wildman–Crippen LogP) is 16.1. The molecule has 0 bridgehead atoms. The van der Waals surface area contributed by atoms with Crippen LogP contribution in [0.15, 0.2) is 194 Å². The molecule has 8 aromatic rings. The van der Waals surface area contributed by atoms with E-state index in [4.69, 9.17) is 0 Å². The third kappa shape index (κ3) is 9.52. The lowest BCUT2D eigenvalue weighted by Crippen LogP contribution is -2.09. The van der Waals surface area contributed by atoms with E-state index in [2.05, 4.69) is 256 Å². The van der Waals surface area contributed by atoms with Crippen molar-refractivity contribution in [1.29, 1.82) is 0 Å². The first-order valence-corrected chi connectivity index (χ1v) is 20.5. The van der Waals surface area contributed by atoms with Gasteiger partial charge in [-0.15, -0.1) is 0 Å². The smallest absolute Gasteiger partial charge is 0.0462 e. The molecular formula is C57H50N2. The average Bonchev–Trinajstić information content (AvgIpc) is 3.28. The molecule has 0 aliphatic rings. The second-order valence-corrected chi connectivity index (χ2v) is 15.3. The fraction of sp³-hybridized carbons (Fsp3) is 0.0877. The number of aryl methyl sites for hydroxylation is 4. The molecule has 0 aliphatic heterocycles. The summed E-state index contributed by atoms with van der Waals surface area (Å²) >= 11 is 0. The molecule has 0 heterocycles. The van der Waals surface area contributed by atoms with Crippen LogP contribution in [0.2, 0.25) is 0 Å². The van der Waals surface area contributed by atoms with Crippen LogP contribution in [0.4, 0.5) is 34.1 Å². The number of benzene rings is 8. The quantitative estimate of drug-likeness (QED) is 0.114. The first-order valence-electron chi connectivity index (χ1n) is 20.5. The number of anilines is 6. The molecule has 0 aliphatic carbocycles. The predicted molar refractivity (Wildman–Crippen MR) is 256 cm³/mol. The van der Waals surface area contributed by atoms with Crippen LogP contribution in [0.25, 0.3) is 35.4 Å². The Kier molecular flexibility index (Phi) is 11.8. The van der Waals surface area contributed by atoms with Crippen molar-refractivity contribution in [3.63, 3.8) is 0 Å². The summed E-state index contributed by atoms with van der Waals surface area (Å²) in [7, 11) is 0. The van der Waals surface area contributed by atoms with Gasteiger partial charge in [0.25, 0.3) is 0 Å². The molecule has 0 saturated carbocycles. The van der Waals surface area contributed by atoms with Crippen molar-refractivity contribution in [3.8, 4) is 11.1 Å². The lowest BCUT2D eigenvalue weighted by molar-refractivity contribution is 1.14. The van der Waals surface area contributed by atoms with Gasteiger partial charge in [-0.05, 0) is 139 Å². The monoisotopic (exact) mass is 762 g/mol. The molecular weight excluding hydrogens is 713 g/mol. The van der Waals surface area contributed by atoms with E-state index in [1.54, 1.807) is 0 Å². The van der Waals surface area contributed by atoms with Crippen molar-refractivity contribution in [1.82, 2.24) is 0 Å². The lowest BCUT2D eigenvalue weighted by Gasteiger charge is -2.26. The molecule has 0 amide bonds.